The molecule has 0 saturated carbocycles. The van der Waals surface area contributed by atoms with Crippen molar-refractivity contribution in [3.63, 3.8) is 0 Å². The number of hydrogen-bond donors (Lipinski definition) is 0. The number of halogens is 1. The summed E-state index contributed by atoms with van der Waals surface area (Å²) in [7, 11) is 0. The van der Waals surface area contributed by atoms with Gasteiger partial charge in [-0.3, -0.25) is 9.78 Å². The zero-order chi connectivity index (χ0) is 19.8. The summed E-state index contributed by atoms with van der Waals surface area (Å²) in [6.07, 6.45) is 9.20. The van der Waals surface area contributed by atoms with E-state index in [-0.39, 0.29) is 17.7 Å². The van der Waals surface area contributed by atoms with Crippen molar-refractivity contribution in [2.24, 2.45) is 17.0 Å². The lowest BCUT2D eigenvalue weighted by atomic mass is 9.81. The molecule has 0 N–H and O–H groups in total. The van der Waals surface area contributed by atoms with Crippen LogP contribution in [0, 0.1) is 11.8 Å². The first-order valence-corrected chi connectivity index (χ1v) is 10.4. The quantitative estimate of drug-likeness (QED) is 0.785. The number of likely N-dealkylation sites (tertiary alicyclic amines) is 1. The van der Waals surface area contributed by atoms with E-state index in [9.17, 15) is 9.18 Å². The van der Waals surface area contributed by atoms with Gasteiger partial charge in [0.05, 0.1) is 11.6 Å². The van der Waals surface area contributed by atoms with Crippen molar-refractivity contribution in [1.29, 1.82) is 0 Å². The second kappa shape index (κ2) is 7.71. The Labute approximate surface area is 169 Å². The molecule has 4 aliphatic rings. The zero-order valence-electron chi connectivity index (χ0n) is 16.3. The molecule has 1 aromatic heterocycles. The molecule has 1 aromatic rings. The standard InChI is InChI=1S/C22H25FN4O2/c23-18-5-1-4-17-19(25-29-21(17)18)16-6-10-26(11-7-16)13-14-27-12-8-15-3-2-9-24-20(15)22(27)28/h1-5,9,16-17,21H,6-8,10-14H2. The fraction of sp³-hybridized carbons (Fsp3) is 0.500. The Bertz CT molecular complexity index is 889. The highest BCUT2D eigenvalue weighted by atomic mass is 19.1. The number of carbonyl (C=O) groups excluding carboxylic acids is 1. The van der Waals surface area contributed by atoms with Crippen LogP contribution < -0.4 is 0 Å². The third-order valence-corrected chi connectivity index (χ3v) is 6.51. The Hall–Kier alpha value is -2.54. The molecule has 7 heteroatoms. The van der Waals surface area contributed by atoms with Crippen LogP contribution in [-0.4, -0.2) is 65.2 Å². The summed E-state index contributed by atoms with van der Waals surface area (Å²) in [5.74, 6) is 0.0833. The van der Waals surface area contributed by atoms with Gasteiger partial charge >= 0.3 is 0 Å². The van der Waals surface area contributed by atoms with Gasteiger partial charge in [0.15, 0.2) is 6.10 Å². The van der Waals surface area contributed by atoms with Gasteiger partial charge in [-0.15, -0.1) is 0 Å². The monoisotopic (exact) mass is 396 g/mol. The maximum Gasteiger partial charge on any atom is 0.272 e. The summed E-state index contributed by atoms with van der Waals surface area (Å²) in [5, 5.41) is 4.24. The number of rotatable bonds is 4. The van der Waals surface area contributed by atoms with Crippen LogP contribution in [0.3, 0.4) is 0 Å². The van der Waals surface area contributed by atoms with E-state index in [1.54, 1.807) is 12.3 Å². The lowest BCUT2D eigenvalue weighted by Gasteiger charge is -2.35. The molecular weight excluding hydrogens is 371 g/mol. The molecule has 0 bridgehead atoms. The molecule has 1 amide bonds. The average molecular weight is 396 g/mol. The zero-order valence-corrected chi connectivity index (χ0v) is 16.3. The minimum atomic E-state index is -0.561. The first-order valence-electron chi connectivity index (χ1n) is 10.4. The number of aromatic nitrogens is 1. The fourth-order valence-electron chi connectivity index (χ4n) is 4.80. The second-order valence-electron chi connectivity index (χ2n) is 8.17. The number of hydrogen-bond acceptors (Lipinski definition) is 5. The molecule has 1 aliphatic carbocycles. The van der Waals surface area contributed by atoms with Crippen LogP contribution in [0.2, 0.25) is 0 Å². The normalized spacial score (nSPS) is 27.2. The van der Waals surface area contributed by atoms with E-state index >= 15 is 0 Å². The highest BCUT2D eigenvalue weighted by Crippen LogP contribution is 2.35. The number of fused-ring (bicyclic) bond motifs is 2. The fourth-order valence-corrected chi connectivity index (χ4v) is 4.80. The van der Waals surface area contributed by atoms with Gasteiger partial charge in [0.2, 0.25) is 0 Å². The molecule has 152 valence electrons. The summed E-state index contributed by atoms with van der Waals surface area (Å²) < 4.78 is 13.9. The van der Waals surface area contributed by atoms with Crippen LogP contribution in [0.4, 0.5) is 4.39 Å². The number of nitrogens with zero attached hydrogens (tertiary/aromatic N) is 4. The van der Waals surface area contributed by atoms with Crippen LogP contribution in [0.5, 0.6) is 0 Å². The lowest BCUT2D eigenvalue weighted by molar-refractivity contribution is 0.0703. The third-order valence-electron chi connectivity index (χ3n) is 6.51. The van der Waals surface area contributed by atoms with Crippen LogP contribution in [0.15, 0.2) is 47.5 Å². The Morgan fingerprint density at radius 2 is 2.07 bits per heavy atom. The van der Waals surface area contributed by atoms with Crippen LogP contribution >= 0.6 is 0 Å². The molecule has 0 radical (unpaired) electrons. The van der Waals surface area contributed by atoms with Gasteiger partial charge in [-0.1, -0.05) is 23.4 Å². The lowest BCUT2D eigenvalue weighted by Crippen LogP contribution is -2.45. The number of piperidine rings is 1. The molecule has 29 heavy (non-hydrogen) atoms. The van der Waals surface area contributed by atoms with Gasteiger partial charge in [0.25, 0.3) is 5.91 Å². The van der Waals surface area contributed by atoms with Crippen molar-refractivity contribution < 1.29 is 14.0 Å². The molecule has 1 saturated heterocycles. The van der Waals surface area contributed by atoms with Crippen LogP contribution in [-0.2, 0) is 11.3 Å². The summed E-state index contributed by atoms with van der Waals surface area (Å²) in [6.45, 7) is 4.27. The van der Waals surface area contributed by atoms with Crippen molar-refractivity contribution in [2.75, 3.05) is 32.7 Å². The number of oxime groups is 1. The van der Waals surface area contributed by atoms with Crippen molar-refractivity contribution >= 4 is 11.6 Å². The first kappa shape index (κ1) is 18.5. The van der Waals surface area contributed by atoms with Crippen molar-refractivity contribution in [3.05, 3.63) is 53.6 Å². The summed E-state index contributed by atoms with van der Waals surface area (Å²) in [4.78, 5) is 26.6. The predicted molar refractivity (Wildman–Crippen MR) is 107 cm³/mol. The van der Waals surface area contributed by atoms with E-state index in [2.05, 4.69) is 15.0 Å². The first-order chi connectivity index (χ1) is 14.2. The van der Waals surface area contributed by atoms with Gasteiger partial charge in [0.1, 0.15) is 11.5 Å². The minimum Gasteiger partial charge on any atom is -0.384 e. The van der Waals surface area contributed by atoms with Gasteiger partial charge in [-0.05, 0) is 50.1 Å². The molecular formula is C22H25FN4O2. The summed E-state index contributed by atoms with van der Waals surface area (Å²) in [6, 6.07) is 3.88. The second-order valence-corrected chi connectivity index (χ2v) is 8.17. The molecule has 2 unspecified atom stereocenters. The highest BCUT2D eigenvalue weighted by molar-refractivity contribution is 5.94. The SMILES string of the molecule is O=C1c2ncccc2CCN1CCN1CCC(C2=NOC3C(F)=CC=CC23)CC1. The van der Waals surface area contributed by atoms with E-state index in [0.717, 1.165) is 63.3 Å². The van der Waals surface area contributed by atoms with Gasteiger partial charge in [-0.25, -0.2) is 4.39 Å². The molecule has 1 fully saturated rings. The van der Waals surface area contributed by atoms with E-state index in [0.29, 0.717) is 11.6 Å². The van der Waals surface area contributed by atoms with Gasteiger partial charge in [0, 0.05) is 31.7 Å². The molecule has 4 heterocycles. The van der Waals surface area contributed by atoms with Gasteiger partial charge in [-0.2, -0.15) is 0 Å². The number of allylic oxidation sites excluding steroid dienone is 2. The summed E-state index contributed by atoms with van der Waals surface area (Å²) >= 11 is 0. The van der Waals surface area contributed by atoms with Crippen molar-refractivity contribution in [1.82, 2.24) is 14.8 Å². The largest absolute Gasteiger partial charge is 0.384 e. The van der Waals surface area contributed by atoms with Gasteiger partial charge < -0.3 is 14.6 Å². The molecule has 6 nitrogen and oxygen atoms in total. The number of carbonyl (C=O) groups is 1. The maximum atomic E-state index is 13.9. The number of amides is 1. The maximum absolute atomic E-state index is 13.9. The van der Waals surface area contributed by atoms with Crippen molar-refractivity contribution in [3.8, 4) is 0 Å². The number of pyridine rings is 1. The molecule has 2 atom stereocenters. The van der Waals surface area contributed by atoms with E-state index < -0.39 is 6.10 Å². The minimum absolute atomic E-state index is 0.0457. The van der Waals surface area contributed by atoms with Crippen LogP contribution in [0.25, 0.3) is 0 Å². The highest BCUT2D eigenvalue weighted by Gasteiger charge is 2.41. The Morgan fingerprint density at radius 3 is 2.93 bits per heavy atom. The van der Waals surface area contributed by atoms with E-state index in [1.165, 1.54) is 6.08 Å². The van der Waals surface area contributed by atoms with Crippen molar-refractivity contribution in [2.45, 2.75) is 25.4 Å². The molecule has 0 spiro atoms. The van der Waals surface area contributed by atoms with E-state index in [1.807, 2.05) is 23.1 Å². The molecule has 5 rings (SSSR count). The topological polar surface area (TPSA) is 58.0 Å². The molecule has 3 aliphatic heterocycles. The average Bonchev–Trinajstić information content (AvgIpc) is 3.19. The van der Waals surface area contributed by atoms with E-state index in [4.69, 9.17) is 4.84 Å². The van der Waals surface area contributed by atoms with Crippen LogP contribution in [0.1, 0.15) is 28.9 Å². The smallest absolute Gasteiger partial charge is 0.272 e. The molecule has 0 aromatic carbocycles. The Kier molecular flexibility index (Phi) is 4.91. The third kappa shape index (κ3) is 3.48. The Morgan fingerprint density at radius 1 is 1.21 bits per heavy atom. The summed E-state index contributed by atoms with van der Waals surface area (Å²) in [5.41, 5.74) is 2.64. The predicted octanol–water partition coefficient (Wildman–Crippen LogP) is 2.59. The Balaban J connectivity index is 1.12.